The van der Waals surface area contributed by atoms with Crippen molar-refractivity contribution in [2.75, 3.05) is 53.4 Å². The number of non-ortho nitro benzene ring substituents is 1. The van der Waals surface area contributed by atoms with Crippen molar-refractivity contribution in [3.8, 4) is 0 Å². The van der Waals surface area contributed by atoms with Crippen LogP contribution in [-0.4, -0.2) is 78.9 Å². The molecule has 0 atom stereocenters. The Kier molecular flexibility index (Phi) is 5.46. The van der Waals surface area contributed by atoms with Crippen molar-refractivity contribution in [2.45, 2.75) is 0 Å². The molecule has 1 heterocycles. The number of nitro groups is 1. The molecule has 120 valence electrons. The van der Waals surface area contributed by atoms with Gasteiger partial charge in [0.2, 0.25) is 0 Å². The molecule has 1 fully saturated rings. The van der Waals surface area contributed by atoms with Gasteiger partial charge >= 0.3 is 0 Å². The Morgan fingerprint density at radius 1 is 1.18 bits per heavy atom. The summed E-state index contributed by atoms with van der Waals surface area (Å²) in [7, 11) is 4.10. The van der Waals surface area contributed by atoms with Gasteiger partial charge in [0.1, 0.15) is 0 Å². The van der Waals surface area contributed by atoms with Crippen LogP contribution >= 0.6 is 0 Å². The van der Waals surface area contributed by atoms with Crippen LogP contribution in [0.3, 0.4) is 0 Å². The predicted octanol–water partition coefficient (Wildman–Crippen LogP) is 0.914. The summed E-state index contributed by atoms with van der Waals surface area (Å²) in [5, 5.41) is 10.6. The van der Waals surface area contributed by atoms with Gasteiger partial charge in [0.25, 0.3) is 11.6 Å². The first-order chi connectivity index (χ1) is 10.5. The van der Waals surface area contributed by atoms with Crippen molar-refractivity contribution in [2.24, 2.45) is 0 Å². The van der Waals surface area contributed by atoms with Gasteiger partial charge in [-0.3, -0.25) is 19.8 Å². The van der Waals surface area contributed by atoms with E-state index in [1.165, 1.54) is 24.3 Å². The number of benzene rings is 1. The Labute approximate surface area is 130 Å². The SMILES string of the molecule is CN(C)CCN1CCN(C(=O)c2ccc([N+](=O)[O-])cc2)CC1. The van der Waals surface area contributed by atoms with Crippen LogP contribution in [0.2, 0.25) is 0 Å². The molecule has 0 spiro atoms. The molecule has 0 N–H and O–H groups in total. The van der Waals surface area contributed by atoms with E-state index in [9.17, 15) is 14.9 Å². The summed E-state index contributed by atoms with van der Waals surface area (Å²) in [6.07, 6.45) is 0. The van der Waals surface area contributed by atoms with Crippen LogP contribution in [-0.2, 0) is 0 Å². The van der Waals surface area contributed by atoms with Gasteiger partial charge in [0, 0.05) is 57.0 Å². The van der Waals surface area contributed by atoms with E-state index in [0.29, 0.717) is 18.7 Å². The summed E-state index contributed by atoms with van der Waals surface area (Å²) in [4.78, 5) is 28.9. The average Bonchev–Trinajstić information content (AvgIpc) is 2.53. The van der Waals surface area contributed by atoms with E-state index in [-0.39, 0.29) is 11.6 Å². The number of nitro benzene ring substituents is 1. The summed E-state index contributed by atoms with van der Waals surface area (Å²) in [5.74, 6) is -0.0536. The molecular formula is C15H22N4O3. The van der Waals surface area contributed by atoms with Crippen molar-refractivity contribution in [1.29, 1.82) is 0 Å². The van der Waals surface area contributed by atoms with E-state index in [1.54, 1.807) is 0 Å². The van der Waals surface area contributed by atoms with E-state index in [0.717, 1.165) is 26.2 Å². The topological polar surface area (TPSA) is 69.9 Å². The fraction of sp³-hybridized carbons (Fsp3) is 0.533. The van der Waals surface area contributed by atoms with Crippen LogP contribution in [0.15, 0.2) is 24.3 Å². The monoisotopic (exact) mass is 306 g/mol. The number of likely N-dealkylation sites (N-methyl/N-ethyl adjacent to an activating group) is 1. The molecule has 1 aromatic rings. The van der Waals surface area contributed by atoms with Crippen LogP contribution < -0.4 is 0 Å². The van der Waals surface area contributed by atoms with Gasteiger partial charge in [-0.25, -0.2) is 0 Å². The zero-order chi connectivity index (χ0) is 16.1. The van der Waals surface area contributed by atoms with Gasteiger partial charge in [-0.2, -0.15) is 0 Å². The molecule has 1 aliphatic rings. The molecule has 0 aromatic heterocycles. The van der Waals surface area contributed by atoms with E-state index in [4.69, 9.17) is 0 Å². The minimum absolute atomic E-state index is 0.00468. The number of nitrogens with zero attached hydrogens (tertiary/aromatic N) is 4. The Bertz CT molecular complexity index is 522. The van der Waals surface area contributed by atoms with E-state index >= 15 is 0 Å². The third kappa shape index (κ3) is 4.25. The zero-order valence-electron chi connectivity index (χ0n) is 13.1. The van der Waals surface area contributed by atoms with Crippen molar-refractivity contribution < 1.29 is 9.72 Å². The fourth-order valence-corrected chi connectivity index (χ4v) is 2.42. The van der Waals surface area contributed by atoms with Crippen LogP contribution in [0.4, 0.5) is 5.69 Å². The first kappa shape index (κ1) is 16.4. The summed E-state index contributed by atoms with van der Waals surface area (Å²) in [5.41, 5.74) is 0.511. The summed E-state index contributed by atoms with van der Waals surface area (Å²) < 4.78 is 0. The Hall–Kier alpha value is -1.99. The number of carbonyl (C=O) groups excluding carboxylic acids is 1. The second-order valence-corrected chi connectivity index (χ2v) is 5.74. The highest BCUT2D eigenvalue weighted by atomic mass is 16.6. The Morgan fingerprint density at radius 3 is 2.27 bits per heavy atom. The van der Waals surface area contributed by atoms with Gasteiger partial charge in [-0.05, 0) is 26.2 Å². The van der Waals surface area contributed by atoms with E-state index in [1.807, 2.05) is 19.0 Å². The predicted molar refractivity (Wildman–Crippen MR) is 84.0 cm³/mol. The lowest BCUT2D eigenvalue weighted by Crippen LogP contribution is -2.49. The number of hydrogen-bond acceptors (Lipinski definition) is 5. The molecular weight excluding hydrogens is 284 g/mol. The third-order valence-corrected chi connectivity index (χ3v) is 3.85. The van der Waals surface area contributed by atoms with Crippen molar-refractivity contribution in [3.05, 3.63) is 39.9 Å². The third-order valence-electron chi connectivity index (χ3n) is 3.85. The number of amides is 1. The van der Waals surface area contributed by atoms with E-state index < -0.39 is 4.92 Å². The van der Waals surface area contributed by atoms with Crippen LogP contribution in [0.25, 0.3) is 0 Å². The molecule has 1 aliphatic heterocycles. The number of rotatable bonds is 5. The van der Waals surface area contributed by atoms with E-state index in [2.05, 4.69) is 9.80 Å². The van der Waals surface area contributed by atoms with Crippen molar-refractivity contribution in [3.63, 3.8) is 0 Å². The normalized spacial score (nSPS) is 16.0. The van der Waals surface area contributed by atoms with Crippen molar-refractivity contribution in [1.82, 2.24) is 14.7 Å². The second-order valence-electron chi connectivity index (χ2n) is 5.74. The smallest absolute Gasteiger partial charge is 0.269 e. The van der Waals surface area contributed by atoms with Crippen LogP contribution in [0, 0.1) is 10.1 Å². The lowest BCUT2D eigenvalue weighted by molar-refractivity contribution is -0.384. The molecule has 0 aliphatic carbocycles. The molecule has 1 amide bonds. The minimum Gasteiger partial charge on any atom is -0.336 e. The first-order valence-electron chi connectivity index (χ1n) is 7.38. The number of carbonyl (C=O) groups is 1. The molecule has 0 saturated carbocycles. The van der Waals surface area contributed by atoms with Gasteiger partial charge < -0.3 is 9.80 Å². The lowest BCUT2D eigenvalue weighted by Gasteiger charge is -2.35. The van der Waals surface area contributed by atoms with Crippen LogP contribution in [0.1, 0.15) is 10.4 Å². The second kappa shape index (κ2) is 7.33. The molecule has 2 rings (SSSR count). The van der Waals surface area contributed by atoms with Crippen molar-refractivity contribution >= 4 is 11.6 Å². The highest BCUT2D eigenvalue weighted by molar-refractivity contribution is 5.94. The maximum atomic E-state index is 12.4. The van der Waals surface area contributed by atoms with Gasteiger partial charge in [-0.1, -0.05) is 0 Å². The quantitative estimate of drug-likeness (QED) is 0.597. The number of piperazine rings is 1. The molecule has 22 heavy (non-hydrogen) atoms. The molecule has 0 radical (unpaired) electrons. The maximum absolute atomic E-state index is 12.4. The van der Waals surface area contributed by atoms with Gasteiger partial charge in [0.15, 0.2) is 0 Å². The largest absolute Gasteiger partial charge is 0.336 e. The fourth-order valence-electron chi connectivity index (χ4n) is 2.42. The Morgan fingerprint density at radius 2 is 1.77 bits per heavy atom. The molecule has 1 saturated heterocycles. The molecule has 0 bridgehead atoms. The van der Waals surface area contributed by atoms with Crippen LogP contribution in [0.5, 0.6) is 0 Å². The van der Waals surface area contributed by atoms with Gasteiger partial charge in [0.05, 0.1) is 4.92 Å². The molecule has 7 heteroatoms. The number of hydrogen-bond donors (Lipinski definition) is 0. The maximum Gasteiger partial charge on any atom is 0.269 e. The van der Waals surface area contributed by atoms with Gasteiger partial charge in [-0.15, -0.1) is 0 Å². The minimum atomic E-state index is -0.461. The molecule has 7 nitrogen and oxygen atoms in total. The summed E-state index contributed by atoms with van der Waals surface area (Å²) in [6, 6.07) is 5.80. The zero-order valence-corrected chi connectivity index (χ0v) is 13.1. The average molecular weight is 306 g/mol. The highest BCUT2D eigenvalue weighted by Gasteiger charge is 2.22. The summed E-state index contributed by atoms with van der Waals surface area (Å²) in [6.45, 7) is 5.15. The molecule has 1 aromatic carbocycles. The first-order valence-corrected chi connectivity index (χ1v) is 7.38. The molecule has 0 unspecified atom stereocenters. The highest BCUT2D eigenvalue weighted by Crippen LogP contribution is 2.14. The lowest BCUT2D eigenvalue weighted by atomic mass is 10.1. The summed E-state index contributed by atoms with van der Waals surface area (Å²) >= 11 is 0. The standard InChI is InChI=1S/C15H22N4O3/c1-16(2)7-8-17-9-11-18(12-10-17)15(20)13-3-5-14(6-4-13)19(21)22/h3-6H,7-12H2,1-2H3. The Balaban J connectivity index is 1.88.